The van der Waals surface area contributed by atoms with E-state index in [1.165, 1.54) is 0 Å². The van der Waals surface area contributed by atoms with Crippen LogP contribution in [-0.4, -0.2) is 24.4 Å². The van der Waals surface area contributed by atoms with Gasteiger partial charge in [-0.05, 0) is 27.2 Å². The molecule has 0 amide bonds. The molecule has 0 aliphatic heterocycles. The van der Waals surface area contributed by atoms with Crippen molar-refractivity contribution in [1.29, 1.82) is 0 Å². The molecule has 1 atom stereocenters. The highest BCUT2D eigenvalue weighted by molar-refractivity contribution is 6.31. The number of hydrogen-bond acceptors (Lipinski definition) is 3. The lowest BCUT2D eigenvalue weighted by atomic mass is 10.1. The average molecular weight is 311 g/mol. The third-order valence-electron chi connectivity index (χ3n) is 3.67. The summed E-state index contributed by atoms with van der Waals surface area (Å²) in [6, 6.07) is 0.259. The van der Waals surface area contributed by atoms with Crippen molar-refractivity contribution in [1.82, 2.24) is 19.3 Å². The third kappa shape index (κ3) is 3.14. The van der Waals surface area contributed by atoms with Gasteiger partial charge >= 0.3 is 0 Å². The first-order valence-corrected chi connectivity index (χ1v) is 7.81. The van der Waals surface area contributed by atoms with E-state index >= 15 is 0 Å². The van der Waals surface area contributed by atoms with Gasteiger partial charge in [0, 0.05) is 19.0 Å². The lowest BCUT2D eigenvalue weighted by molar-refractivity contribution is 0.164. The SMILES string of the molecule is CCc1nn(CC)c(CC(O)c2cncn2C(C)C)c1Cl. The molecule has 6 heteroatoms. The van der Waals surface area contributed by atoms with Gasteiger partial charge in [-0.15, -0.1) is 0 Å². The topological polar surface area (TPSA) is 55.9 Å². The summed E-state index contributed by atoms with van der Waals surface area (Å²) in [5.41, 5.74) is 2.58. The zero-order chi connectivity index (χ0) is 15.6. The van der Waals surface area contributed by atoms with E-state index in [9.17, 15) is 5.11 Å². The van der Waals surface area contributed by atoms with Crippen molar-refractivity contribution in [2.24, 2.45) is 0 Å². The molecule has 0 aromatic carbocycles. The van der Waals surface area contributed by atoms with E-state index in [1.807, 2.05) is 23.1 Å². The van der Waals surface area contributed by atoms with Crippen LogP contribution in [0.1, 0.15) is 56.9 Å². The van der Waals surface area contributed by atoms with Gasteiger partial charge in [-0.1, -0.05) is 18.5 Å². The maximum absolute atomic E-state index is 10.6. The van der Waals surface area contributed by atoms with Gasteiger partial charge in [-0.25, -0.2) is 4.98 Å². The summed E-state index contributed by atoms with van der Waals surface area (Å²) < 4.78 is 3.85. The molecule has 0 saturated carbocycles. The normalized spacial score (nSPS) is 13.1. The highest BCUT2D eigenvalue weighted by Crippen LogP contribution is 2.27. The van der Waals surface area contributed by atoms with Crippen LogP contribution in [0.4, 0.5) is 0 Å². The van der Waals surface area contributed by atoms with Crippen LogP contribution in [0, 0.1) is 0 Å². The van der Waals surface area contributed by atoms with E-state index in [-0.39, 0.29) is 6.04 Å². The summed E-state index contributed by atoms with van der Waals surface area (Å²) >= 11 is 6.40. The molecule has 0 aliphatic carbocycles. The minimum Gasteiger partial charge on any atom is -0.386 e. The predicted molar refractivity (Wildman–Crippen MR) is 83.6 cm³/mol. The van der Waals surface area contributed by atoms with Crippen molar-refractivity contribution in [2.45, 2.75) is 59.2 Å². The Balaban J connectivity index is 2.29. The number of aromatic nitrogens is 4. The molecule has 2 aromatic heterocycles. The fourth-order valence-corrected chi connectivity index (χ4v) is 2.85. The quantitative estimate of drug-likeness (QED) is 0.891. The molecule has 0 radical (unpaired) electrons. The first kappa shape index (κ1) is 16.0. The average Bonchev–Trinajstić information content (AvgIpc) is 3.05. The summed E-state index contributed by atoms with van der Waals surface area (Å²) in [5, 5.41) is 15.7. The van der Waals surface area contributed by atoms with Gasteiger partial charge in [-0.3, -0.25) is 4.68 Å². The van der Waals surface area contributed by atoms with Gasteiger partial charge in [0.1, 0.15) is 6.10 Å². The molecular weight excluding hydrogens is 288 g/mol. The molecule has 0 fully saturated rings. The molecule has 2 rings (SSSR count). The molecule has 2 heterocycles. The maximum Gasteiger partial charge on any atom is 0.101 e. The predicted octanol–water partition coefficient (Wildman–Crippen LogP) is 3.17. The Kier molecular flexibility index (Phi) is 5.06. The monoisotopic (exact) mass is 310 g/mol. The maximum atomic E-state index is 10.6. The Morgan fingerprint density at radius 3 is 2.62 bits per heavy atom. The molecule has 0 bridgehead atoms. The van der Waals surface area contributed by atoms with Crippen molar-refractivity contribution in [3.63, 3.8) is 0 Å². The molecule has 0 saturated heterocycles. The van der Waals surface area contributed by atoms with Crippen molar-refractivity contribution in [3.05, 3.63) is 34.6 Å². The lowest BCUT2D eigenvalue weighted by Gasteiger charge is -2.17. The molecule has 1 N–H and O–H groups in total. The van der Waals surface area contributed by atoms with Crippen LogP contribution in [0.25, 0.3) is 0 Å². The van der Waals surface area contributed by atoms with Crippen LogP contribution >= 0.6 is 11.6 Å². The second-order valence-electron chi connectivity index (χ2n) is 5.42. The van der Waals surface area contributed by atoms with Gasteiger partial charge in [-0.2, -0.15) is 5.10 Å². The van der Waals surface area contributed by atoms with Crippen LogP contribution in [-0.2, 0) is 19.4 Å². The Bertz CT molecular complexity index is 603. The molecule has 116 valence electrons. The van der Waals surface area contributed by atoms with E-state index in [0.717, 1.165) is 30.0 Å². The summed E-state index contributed by atoms with van der Waals surface area (Å²) in [6.45, 7) is 8.93. The fourth-order valence-electron chi connectivity index (χ4n) is 2.50. The zero-order valence-electron chi connectivity index (χ0n) is 13.0. The van der Waals surface area contributed by atoms with Gasteiger partial charge in [0.2, 0.25) is 0 Å². The van der Waals surface area contributed by atoms with Crippen LogP contribution < -0.4 is 0 Å². The lowest BCUT2D eigenvalue weighted by Crippen LogP contribution is -2.13. The first-order valence-electron chi connectivity index (χ1n) is 7.43. The Hall–Kier alpha value is -1.33. The number of halogens is 1. The van der Waals surface area contributed by atoms with Crippen molar-refractivity contribution >= 4 is 11.6 Å². The van der Waals surface area contributed by atoms with Crippen LogP contribution in [0.5, 0.6) is 0 Å². The second kappa shape index (κ2) is 6.62. The van der Waals surface area contributed by atoms with E-state index in [2.05, 4.69) is 23.9 Å². The van der Waals surface area contributed by atoms with Crippen LogP contribution in [0.3, 0.4) is 0 Å². The minimum absolute atomic E-state index is 0.259. The van der Waals surface area contributed by atoms with E-state index < -0.39 is 6.10 Å². The molecule has 1 unspecified atom stereocenters. The van der Waals surface area contributed by atoms with Gasteiger partial charge in [0.05, 0.1) is 34.6 Å². The van der Waals surface area contributed by atoms with E-state index in [4.69, 9.17) is 11.6 Å². The molecule has 0 spiro atoms. The van der Waals surface area contributed by atoms with Gasteiger partial charge < -0.3 is 9.67 Å². The van der Waals surface area contributed by atoms with Crippen LogP contribution in [0.2, 0.25) is 5.02 Å². The van der Waals surface area contributed by atoms with Crippen molar-refractivity contribution in [2.75, 3.05) is 0 Å². The highest BCUT2D eigenvalue weighted by Gasteiger charge is 2.21. The number of nitrogens with zero attached hydrogens (tertiary/aromatic N) is 4. The molecule has 21 heavy (non-hydrogen) atoms. The number of hydrogen-bond donors (Lipinski definition) is 1. The first-order chi connectivity index (χ1) is 9.99. The second-order valence-corrected chi connectivity index (χ2v) is 5.79. The Labute approximate surface area is 130 Å². The number of rotatable bonds is 6. The minimum atomic E-state index is -0.640. The van der Waals surface area contributed by atoms with E-state index in [0.29, 0.717) is 11.4 Å². The fraction of sp³-hybridized carbons (Fsp3) is 0.600. The molecule has 2 aromatic rings. The smallest absolute Gasteiger partial charge is 0.101 e. The number of imidazole rings is 1. The van der Waals surface area contributed by atoms with Crippen molar-refractivity contribution in [3.8, 4) is 0 Å². The summed E-state index contributed by atoms with van der Waals surface area (Å²) in [7, 11) is 0. The largest absolute Gasteiger partial charge is 0.386 e. The summed E-state index contributed by atoms with van der Waals surface area (Å²) in [4.78, 5) is 4.14. The highest BCUT2D eigenvalue weighted by atomic mass is 35.5. The Morgan fingerprint density at radius 2 is 2.05 bits per heavy atom. The summed E-state index contributed by atoms with van der Waals surface area (Å²) in [6.07, 6.45) is 4.06. The van der Waals surface area contributed by atoms with Crippen LogP contribution in [0.15, 0.2) is 12.5 Å². The zero-order valence-corrected chi connectivity index (χ0v) is 13.8. The van der Waals surface area contributed by atoms with E-state index in [1.54, 1.807) is 12.5 Å². The molecule has 5 nitrogen and oxygen atoms in total. The van der Waals surface area contributed by atoms with Gasteiger partial charge in [0.25, 0.3) is 0 Å². The number of aryl methyl sites for hydroxylation is 2. The Morgan fingerprint density at radius 1 is 1.33 bits per heavy atom. The number of aliphatic hydroxyl groups excluding tert-OH is 1. The third-order valence-corrected chi connectivity index (χ3v) is 4.11. The van der Waals surface area contributed by atoms with Gasteiger partial charge in [0.15, 0.2) is 0 Å². The van der Waals surface area contributed by atoms with Crippen molar-refractivity contribution < 1.29 is 5.11 Å². The molecular formula is C15H23ClN4O. The summed E-state index contributed by atoms with van der Waals surface area (Å²) in [5.74, 6) is 0. The number of aliphatic hydroxyl groups is 1. The molecule has 0 aliphatic rings. The standard InChI is InChI=1S/C15H23ClN4O/c1-5-11-15(16)12(20(6-2)18-11)7-14(21)13-8-17-9-19(13)10(3)4/h8-10,14,21H,5-7H2,1-4H3.